The molecule has 1 aliphatic heterocycles. The van der Waals surface area contributed by atoms with Crippen LogP contribution in [0.15, 0.2) is 42.5 Å². The molecule has 0 amide bonds. The fraction of sp³-hybridized carbons (Fsp3) is 0.235. The molecule has 1 heterocycles. The molecule has 0 saturated carbocycles. The van der Waals surface area contributed by atoms with Crippen molar-refractivity contribution >= 4 is 11.5 Å². The molecule has 2 aromatic rings. The van der Waals surface area contributed by atoms with E-state index in [1.165, 1.54) is 18.2 Å². The molecular formula is C17H15NO5. The van der Waals surface area contributed by atoms with Crippen molar-refractivity contribution in [3.8, 4) is 5.75 Å². The number of carbonyl (C=O) groups is 1. The molecule has 1 saturated heterocycles. The smallest absolute Gasteiger partial charge is 0.270 e. The number of hydrogen-bond donors (Lipinski definition) is 0. The van der Waals surface area contributed by atoms with Crippen molar-refractivity contribution in [2.45, 2.75) is 13.0 Å². The Balaban J connectivity index is 1.95. The van der Waals surface area contributed by atoms with Gasteiger partial charge >= 0.3 is 0 Å². The summed E-state index contributed by atoms with van der Waals surface area (Å²) in [6.45, 7) is 2.88. The zero-order chi connectivity index (χ0) is 16.4. The first-order valence-corrected chi connectivity index (χ1v) is 7.19. The number of nitro benzene ring substituents is 1. The van der Waals surface area contributed by atoms with Gasteiger partial charge in [-0.3, -0.25) is 14.9 Å². The fourth-order valence-electron chi connectivity index (χ4n) is 2.14. The minimum absolute atomic E-state index is 0.0347. The fourth-order valence-corrected chi connectivity index (χ4v) is 2.14. The van der Waals surface area contributed by atoms with Gasteiger partial charge in [0.1, 0.15) is 18.5 Å². The van der Waals surface area contributed by atoms with E-state index < -0.39 is 4.92 Å². The highest BCUT2D eigenvalue weighted by molar-refractivity contribution is 6.11. The standard InChI is InChI=1S/C17H15NO5/c1-11-2-4-12(5-3-11)17(19)15-8-13(18(20)21)6-7-16(15)23-10-14-9-22-14/h2-8,14H,9-10H2,1H3. The second kappa shape index (κ2) is 6.18. The molecule has 2 aromatic carbocycles. The molecule has 0 bridgehead atoms. The lowest BCUT2D eigenvalue weighted by Crippen LogP contribution is -2.10. The van der Waals surface area contributed by atoms with Crippen LogP contribution < -0.4 is 4.74 Å². The Morgan fingerprint density at radius 3 is 2.61 bits per heavy atom. The highest BCUT2D eigenvalue weighted by Crippen LogP contribution is 2.27. The van der Waals surface area contributed by atoms with Crippen molar-refractivity contribution in [1.29, 1.82) is 0 Å². The van der Waals surface area contributed by atoms with Crippen LogP contribution in [0.2, 0.25) is 0 Å². The first kappa shape index (κ1) is 15.2. The summed E-state index contributed by atoms with van der Waals surface area (Å²) >= 11 is 0. The molecule has 1 fully saturated rings. The van der Waals surface area contributed by atoms with Crippen molar-refractivity contribution in [2.24, 2.45) is 0 Å². The van der Waals surface area contributed by atoms with Crippen molar-refractivity contribution in [1.82, 2.24) is 0 Å². The number of nitro groups is 1. The Kier molecular flexibility index (Phi) is 4.08. The summed E-state index contributed by atoms with van der Waals surface area (Å²) < 4.78 is 10.7. The number of rotatable bonds is 6. The van der Waals surface area contributed by atoms with Gasteiger partial charge in [0.2, 0.25) is 0 Å². The van der Waals surface area contributed by atoms with Crippen LogP contribution in [0.4, 0.5) is 5.69 Å². The van der Waals surface area contributed by atoms with E-state index in [1.54, 1.807) is 12.1 Å². The topological polar surface area (TPSA) is 82.0 Å². The van der Waals surface area contributed by atoms with Crippen LogP contribution >= 0.6 is 0 Å². The molecule has 0 aromatic heterocycles. The Morgan fingerprint density at radius 1 is 1.30 bits per heavy atom. The van der Waals surface area contributed by atoms with Gasteiger partial charge in [0, 0.05) is 17.7 Å². The second-order valence-electron chi connectivity index (χ2n) is 5.40. The molecule has 23 heavy (non-hydrogen) atoms. The zero-order valence-electron chi connectivity index (χ0n) is 12.5. The van der Waals surface area contributed by atoms with E-state index in [-0.39, 0.29) is 23.1 Å². The molecule has 0 N–H and O–H groups in total. The Bertz CT molecular complexity index is 750. The van der Waals surface area contributed by atoms with E-state index in [9.17, 15) is 14.9 Å². The Labute approximate surface area is 132 Å². The first-order chi connectivity index (χ1) is 11.0. The molecule has 1 atom stereocenters. The Hall–Kier alpha value is -2.73. The maximum absolute atomic E-state index is 12.7. The molecule has 3 rings (SSSR count). The van der Waals surface area contributed by atoms with E-state index >= 15 is 0 Å². The van der Waals surface area contributed by atoms with Crippen LogP contribution in [-0.2, 0) is 4.74 Å². The lowest BCUT2D eigenvalue weighted by molar-refractivity contribution is -0.384. The lowest BCUT2D eigenvalue weighted by atomic mass is 10.0. The van der Waals surface area contributed by atoms with Gasteiger partial charge in [0.05, 0.1) is 17.1 Å². The number of aryl methyl sites for hydroxylation is 1. The van der Waals surface area contributed by atoms with E-state index in [1.807, 2.05) is 19.1 Å². The first-order valence-electron chi connectivity index (χ1n) is 7.19. The average Bonchev–Trinajstić information content (AvgIpc) is 3.37. The number of ether oxygens (including phenoxy) is 2. The van der Waals surface area contributed by atoms with Crippen molar-refractivity contribution in [3.05, 3.63) is 69.3 Å². The minimum Gasteiger partial charge on any atom is -0.490 e. The van der Waals surface area contributed by atoms with Crippen LogP contribution in [0.1, 0.15) is 21.5 Å². The average molecular weight is 313 g/mol. The predicted molar refractivity (Wildman–Crippen MR) is 82.9 cm³/mol. The number of carbonyl (C=O) groups excluding carboxylic acids is 1. The van der Waals surface area contributed by atoms with Crippen LogP contribution in [0, 0.1) is 17.0 Å². The number of benzene rings is 2. The van der Waals surface area contributed by atoms with Gasteiger partial charge in [0.25, 0.3) is 5.69 Å². The van der Waals surface area contributed by atoms with Gasteiger partial charge in [-0.1, -0.05) is 29.8 Å². The van der Waals surface area contributed by atoms with Crippen LogP contribution in [0.3, 0.4) is 0 Å². The van der Waals surface area contributed by atoms with Crippen molar-refractivity contribution in [2.75, 3.05) is 13.2 Å². The molecule has 6 heteroatoms. The van der Waals surface area contributed by atoms with Gasteiger partial charge in [-0.25, -0.2) is 0 Å². The van der Waals surface area contributed by atoms with Crippen LogP contribution in [0.5, 0.6) is 5.75 Å². The van der Waals surface area contributed by atoms with Gasteiger partial charge in [-0.2, -0.15) is 0 Å². The highest BCUT2D eigenvalue weighted by Gasteiger charge is 2.25. The largest absolute Gasteiger partial charge is 0.490 e. The predicted octanol–water partition coefficient (Wildman–Crippen LogP) is 2.91. The minimum atomic E-state index is -0.528. The normalized spacial score (nSPS) is 16.0. The molecule has 0 aliphatic carbocycles. The van der Waals surface area contributed by atoms with Crippen molar-refractivity contribution < 1.29 is 19.2 Å². The summed E-state index contributed by atoms with van der Waals surface area (Å²) in [7, 11) is 0. The maximum atomic E-state index is 12.7. The molecule has 118 valence electrons. The third-order valence-corrected chi connectivity index (χ3v) is 3.56. The number of nitrogens with zero attached hydrogens (tertiary/aromatic N) is 1. The summed E-state index contributed by atoms with van der Waals surface area (Å²) in [5, 5.41) is 11.0. The molecule has 1 unspecified atom stereocenters. The maximum Gasteiger partial charge on any atom is 0.270 e. The van der Waals surface area contributed by atoms with Crippen LogP contribution in [-0.4, -0.2) is 30.0 Å². The van der Waals surface area contributed by atoms with Gasteiger partial charge in [-0.05, 0) is 13.0 Å². The van der Waals surface area contributed by atoms with E-state index in [0.29, 0.717) is 24.5 Å². The van der Waals surface area contributed by atoms with E-state index in [4.69, 9.17) is 9.47 Å². The van der Waals surface area contributed by atoms with E-state index in [2.05, 4.69) is 0 Å². The van der Waals surface area contributed by atoms with Gasteiger partial charge in [0.15, 0.2) is 5.78 Å². The molecular weight excluding hydrogens is 298 g/mol. The molecule has 0 radical (unpaired) electrons. The molecule has 1 aliphatic rings. The molecule has 0 spiro atoms. The lowest BCUT2D eigenvalue weighted by Gasteiger charge is -2.10. The number of epoxide rings is 1. The third kappa shape index (κ3) is 3.54. The van der Waals surface area contributed by atoms with Gasteiger partial charge in [-0.15, -0.1) is 0 Å². The van der Waals surface area contributed by atoms with Gasteiger partial charge < -0.3 is 9.47 Å². The highest BCUT2D eigenvalue weighted by atomic mass is 16.6. The summed E-state index contributed by atoms with van der Waals surface area (Å²) in [5.74, 6) is 0.0251. The Morgan fingerprint density at radius 2 is 2.00 bits per heavy atom. The van der Waals surface area contributed by atoms with Crippen LogP contribution in [0.25, 0.3) is 0 Å². The SMILES string of the molecule is Cc1ccc(C(=O)c2cc([N+](=O)[O-])ccc2OCC2CO2)cc1. The monoisotopic (exact) mass is 313 g/mol. The van der Waals surface area contributed by atoms with E-state index in [0.717, 1.165) is 5.56 Å². The zero-order valence-corrected chi connectivity index (χ0v) is 12.5. The van der Waals surface area contributed by atoms with Crippen molar-refractivity contribution in [3.63, 3.8) is 0 Å². The third-order valence-electron chi connectivity index (χ3n) is 3.56. The summed E-state index contributed by atoms with van der Waals surface area (Å²) in [6, 6.07) is 11.1. The summed E-state index contributed by atoms with van der Waals surface area (Å²) in [6.07, 6.45) is 0.0347. The quantitative estimate of drug-likeness (QED) is 0.354. The number of ketones is 1. The number of hydrogen-bond acceptors (Lipinski definition) is 5. The second-order valence-corrected chi connectivity index (χ2v) is 5.40. The summed E-state index contributed by atoms with van der Waals surface area (Å²) in [4.78, 5) is 23.1. The number of non-ortho nitro benzene ring substituents is 1. The molecule has 6 nitrogen and oxygen atoms in total. The summed E-state index contributed by atoms with van der Waals surface area (Å²) in [5.41, 5.74) is 1.53.